The Morgan fingerprint density at radius 2 is 2.19 bits per heavy atom. The van der Waals surface area contributed by atoms with E-state index in [2.05, 4.69) is 15.5 Å². The van der Waals surface area contributed by atoms with Crippen LogP contribution in [0.2, 0.25) is 5.02 Å². The third kappa shape index (κ3) is 3.48. The number of aromatic nitrogens is 3. The highest BCUT2D eigenvalue weighted by atomic mass is 35.5. The summed E-state index contributed by atoms with van der Waals surface area (Å²) in [5.74, 6) is 0.183. The molecule has 0 fully saturated rings. The molecule has 0 aliphatic heterocycles. The first-order valence-electron chi connectivity index (χ1n) is 6.27. The van der Waals surface area contributed by atoms with Crippen LogP contribution >= 0.6 is 23.4 Å². The van der Waals surface area contributed by atoms with Gasteiger partial charge in [-0.25, -0.2) is 0 Å². The van der Waals surface area contributed by atoms with Gasteiger partial charge in [0.1, 0.15) is 0 Å². The van der Waals surface area contributed by atoms with Crippen molar-refractivity contribution in [2.75, 3.05) is 11.1 Å². The molecule has 2 aromatic rings. The van der Waals surface area contributed by atoms with Crippen LogP contribution in [0.25, 0.3) is 0 Å². The SMILES string of the molecule is Cc1c(Cl)cccc1NC(=O)C(C)Sc1nnc(N)n1C. The molecule has 1 aromatic heterocycles. The number of nitrogens with zero attached hydrogens (tertiary/aromatic N) is 3. The lowest BCUT2D eigenvalue weighted by Crippen LogP contribution is -2.23. The molecular formula is C13H16ClN5OS. The van der Waals surface area contributed by atoms with E-state index in [4.69, 9.17) is 17.3 Å². The Morgan fingerprint density at radius 1 is 1.48 bits per heavy atom. The van der Waals surface area contributed by atoms with Gasteiger partial charge in [-0.2, -0.15) is 0 Å². The molecule has 2 rings (SSSR count). The van der Waals surface area contributed by atoms with E-state index in [-0.39, 0.29) is 11.2 Å². The summed E-state index contributed by atoms with van der Waals surface area (Å²) in [5.41, 5.74) is 7.16. The fourth-order valence-corrected chi connectivity index (χ4v) is 2.61. The van der Waals surface area contributed by atoms with Crippen molar-refractivity contribution in [3.8, 4) is 0 Å². The van der Waals surface area contributed by atoms with Crippen LogP contribution in [0.5, 0.6) is 0 Å². The highest BCUT2D eigenvalue weighted by molar-refractivity contribution is 8.00. The van der Waals surface area contributed by atoms with Crippen LogP contribution in [0.4, 0.5) is 11.6 Å². The van der Waals surface area contributed by atoms with Gasteiger partial charge in [0.15, 0.2) is 5.16 Å². The highest BCUT2D eigenvalue weighted by Crippen LogP contribution is 2.26. The summed E-state index contributed by atoms with van der Waals surface area (Å²) < 4.78 is 1.64. The van der Waals surface area contributed by atoms with Crippen LogP contribution < -0.4 is 11.1 Å². The van der Waals surface area contributed by atoms with Crippen LogP contribution in [0.1, 0.15) is 12.5 Å². The molecule has 3 N–H and O–H groups in total. The maximum Gasteiger partial charge on any atom is 0.237 e. The number of hydrogen-bond acceptors (Lipinski definition) is 5. The van der Waals surface area contributed by atoms with Crippen molar-refractivity contribution in [3.05, 3.63) is 28.8 Å². The third-order valence-electron chi connectivity index (χ3n) is 3.05. The number of rotatable bonds is 4. The first kappa shape index (κ1) is 15.7. The Balaban J connectivity index is 2.06. The lowest BCUT2D eigenvalue weighted by Gasteiger charge is -2.13. The number of nitrogens with one attached hydrogen (secondary N) is 1. The summed E-state index contributed by atoms with van der Waals surface area (Å²) >= 11 is 7.33. The number of halogens is 1. The molecule has 0 saturated heterocycles. The number of benzene rings is 1. The summed E-state index contributed by atoms with van der Waals surface area (Å²) in [6.45, 7) is 3.66. The minimum atomic E-state index is -0.342. The van der Waals surface area contributed by atoms with Crippen LogP contribution in [0.15, 0.2) is 23.4 Å². The summed E-state index contributed by atoms with van der Waals surface area (Å²) in [6.07, 6.45) is 0. The maximum absolute atomic E-state index is 12.2. The van der Waals surface area contributed by atoms with Crippen molar-refractivity contribution in [1.29, 1.82) is 0 Å². The zero-order valence-electron chi connectivity index (χ0n) is 11.9. The smallest absolute Gasteiger partial charge is 0.237 e. The van der Waals surface area contributed by atoms with E-state index < -0.39 is 0 Å². The molecule has 21 heavy (non-hydrogen) atoms. The lowest BCUT2D eigenvalue weighted by atomic mass is 10.2. The largest absolute Gasteiger partial charge is 0.368 e. The van der Waals surface area contributed by atoms with E-state index in [1.807, 2.05) is 13.0 Å². The fraction of sp³-hybridized carbons (Fsp3) is 0.308. The lowest BCUT2D eigenvalue weighted by molar-refractivity contribution is -0.115. The average molecular weight is 326 g/mol. The van der Waals surface area contributed by atoms with E-state index in [0.717, 1.165) is 5.56 Å². The van der Waals surface area contributed by atoms with Crippen LogP contribution in [-0.2, 0) is 11.8 Å². The minimum Gasteiger partial charge on any atom is -0.368 e. The Hall–Kier alpha value is -1.73. The van der Waals surface area contributed by atoms with Gasteiger partial charge >= 0.3 is 0 Å². The Labute approximate surface area is 132 Å². The molecule has 0 aliphatic carbocycles. The number of carbonyl (C=O) groups excluding carboxylic acids is 1. The van der Waals surface area contributed by atoms with Crippen molar-refractivity contribution in [3.63, 3.8) is 0 Å². The molecule has 1 aromatic carbocycles. The number of nitrogens with two attached hydrogens (primary N) is 1. The van der Waals surface area contributed by atoms with Crippen LogP contribution in [0, 0.1) is 6.92 Å². The van der Waals surface area contributed by atoms with Gasteiger partial charge in [0.05, 0.1) is 5.25 Å². The average Bonchev–Trinajstić information content (AvgIpc) is 2.75. The molecule has 0 spiro atoms. The molecule has 112 valence electrons. The van der Waals surface area contributed by atoms with Crippen molar-refractivity contribution >= 4 is 40.9 Å². The van der Waals surface area contributed by atoms with Crippen molar-refractivity contribution in [2.45, 2.75) is 24.3 Å². The molecule has 0 aliphatic rings. The van der Waals surface area contributed by atoms with Crippen molar-refractivity contribution < 1.29 is 4.79 Å². The topological polar surface area (TPSA) is 85.8 Å². The Bertz CT molecular complexity index is 673. The van der Waals surface area contributed by atoms with Gasteiger partial charge < -0.3 is 11.1 Å². The first-order valence-corrected chi connectivity index (χ1v) is 7.53. The second kappa shape index (κ2) is 6.36. The standard InChI is InChI=1S/C13H16ClN5OS/c1-7-9(14)5-4-6-10(7)16-11(20)8(2)21-13-18-17-12(15)19(13)3/h4-6,8H,1-3H3,(H2,15,17)(H,16,20). The van der Waals surface area contributed by atoms with Gasteiger partial charge in [-0.3, -0.25) is 9.36 Å². The van der Waals surface area contributed by atoms with Crippen molar-refractivity contribution in [1.82, 2.24) is 14.8 Å². The number of anilines is 2. The summed E-state index contributed by atoms with van der Waals surface area (Å²) in [4.78, 5) is 12.2. The number of hydrogen-bond donors (Lipinski definition) is 2. The van der Waals surface area contributed by atoms with Gasteiger partial charge in [0.2, 0.25) is 11.9 Å². The monoisotopic (exact) mass is 325 g/mol. The predicted octanol–water partition coefficient (Wildman–Crippen LogP) is 2.48. The van der Waals surface area contributed by atoms with Crippen LogP contribution in [-0.4, -0.2) is 25.9 Å². The zero-order valence-corrected chi connectivity index (χ0v) is 13.5. The molecule has 8 heteroatoms. The highest BCUT2D eigenvalue weighted by Gasteiger charge is 2.19. The normalized spacial score (nSPS) is 12.2. The van der Waals surface area contributed by atoms with E-state index in [1.54, 1.807) is 30.7 Å². The van der Waals surface area contributed by atoms with Gasteiger partial charge in [-0.05, 0) is 31.5 Å². The fourth-order valence-electron chi connectivity index (χ4n) is 1.62. The Morgan fingerprint density at radius 3 is 2.81 bits per heavy atom. The zero-order chi connectivity index (χ0) is 15.6. The molecule has 0 saturated carbocycles. The third-order valence-corrected chi connectivity index (χ3v) is 4.59. The van der Waals surface area contributed by atoms with E-state index in [0.29, 0.717) is 21.8 Å². The number of amides is 1. The van der Waals surface area contributed by atoms with Gasteiger partial charge in [-0.15, -0.1) is 10.2 Å². The maximum atomic E-state index is 12.2. The second-order valence-electron chi connectivity index (χ2n) is 4.56. The van der Waals surface area contributed by atoms with E-state index >= 15 is 0 Å². The first-order chi connectivity index (χ1) is 9.90. The van der Waals surface area contributed by atoms with Gasteiger partial charge in [-0.1, -0.05) is 29.4 Å². The molecule has 6 nitrogen and oxygen atoms in total. The molecule has 1 amide bonds. The quantitative estimate of drug-likeness (QED) is 0.843. The van der Waals surface area contributed by atoms with E-state index in [9.17, 15) is 4.79 Å². The number of nitrogen functional groups attached to an aromatic ring is 1. The predicted molar refractivity (Wildman–Crippen MR) is 85.6 cm³/mol. The molecular weight excluding hydrogens is 310 g/mol. The van der Waals surface area contributed by atoms with Crippen LogP contribution in [0.3, 0.4) is 0 Å². The summed E-state index contributed by atoms with van der Waals surface area (Å²) in [5, 5.41) is 11.4. The second-order valence-corrected chi connectivity index (χ2v) is 6.28. The number of carbonyl (C=O) groups is 1. The Kier molecular flexibility index (Phi) is 4.74. The molecule has 1 unspecified atom stereocenters. The molecule has 0 bridgehead atoms. The van der Waals surface area contributed by atoms with Crippen molar-refractivity contribution in [2.24, 2.45) is 7.05 Å². The summed E-state index contributed by atoms with van der Waals surface area (Å²) in [7, 11) is 1.75. The molecule has 1 heterocycles. The van der Waals surface area contributed by atoms with Gasteiger partial charge in [0.25, 0.3) is 0 Å². The number of thioether (sulfide) groups is 1. The van der Waals surface area contributed by atoms with Gasteiger partial charge in [0, 0.05) is 17.8 Å². The molecule has 0 radical (unpaired) electrons. The van der Waals surface area contributed by atoms with E-state index in [1.165, 1.54) is 11.8 Å². The molecule has 1 atom stereocenters. The summed E-state index contributed by atoms with van der Waals surface area (Å²) in [6, 6.07) is 5.40. The minimum absolute atomic E-state index is 0.132.